The third-order valence-corrected chi connectivity index (χ3v) is 2.47. The molecule has 92 valence electrons. The van der Waals surface area contributed by atoms with E-state index in [4.69, 9.17) is 26.8 Å². The van der Waals surface area contributed by atoms with E-state index in [-0.39, 0.29) is 18.4 Å². The molecule has 1 rings (SSSR count). The Labute approximate surface area is 107 Å². The molecule has 0 bridgehead atoms. The lowest BCUT2D eigenvalue weighted by Crippen LogP contribution is -2.10. The number of alkyl halides is 1. The summed E-state index contributed by atoms with van der Waals surface area (Å²) < 4.78 is 10.3. The summed E-state index contributed by atoms with van der Waals surface area (Å²) >= 11 is 5.64. The van der Waals surface area contributed by atoms with Crippen LogP contribution in [-0.4, -0.2) is 20.1 Å². The third-order valence-electron chi connectivity index (χ3n) is 2.26. The van der Waals surface area contributed by atoms with Crippen LogP contribution in [0.25, 0.3) is 0 Å². The van der Waals surface area contributed by atoms with Crippen LogP contribution in [0.15, 0.2) is 18.2 Å². The number of rotatable bonds is 5. The highest BCUT2D eigenvalue weighted by molar-refractivity contribution is 6.17. The number of benzene rings is 1. The van der Waals surface area contributed by atoms with Gasteiger partial charge >= 0.3 is 0 Å². The molecule has 0 aliphatic heterocycles. The largest absolute Gasteiger partial charge is 0.493 e. The topological polar surface area (TPSA) is 44.5 Å². The van der Waals surface area contributed by atoms with Gasteiger partial charge in [0.15, 0.2) is 11.5 Å². The Morgan fingerprint density at radius 2 is 1.88 bits per heavy atom. The lowest BCUT2D eigenvalue weighted by Gasteiger charge is -2.13. The smallest absolute Gasteiger partial charge is 0.161 e. The maximum atomic E-state index is 5.94. The van der Waals surface area contributed by atoms with Crippen LogP contribution in [0.4, 0.5) is 0 Å². The Morgan fingerprint density at radius 3 is 2.38 bits per heavy atom. The van der Waals surface area contributed by atoms with Crippen LogP contribution in [-0.2, 0) is 0 Å². The van der Waals surface area contributed by atoms with E-state index in [1.54, 1.807) is 14.2 Å². The van der Waals surface area contributed by atoms with E-state index < -0.39 is 0 Å². The van der Waals surface area contributed by atoms with Gasteiger partial charge in [0, 0.05) is 11.9 Å². The number of halogens is 2. The molecule has 5 heteroatoms. The van der Waals surface area contributed by atoms with Gasteiger partial charge in [0.2, 0.25) is 0 Å². The monoisotopic (exact) mass is 265 g/mol. The van der Waals surface area contributed by atoms with Gasteiger partial charge in [-0.1, -0.05) is 6.07 Å². The van der Waals surface area contributed by atoms with Gasteiger partial charge < -0.3 is 15.2 Å². The van der Waals surface area contributed by atoms with Crippen LogP contribution in [0, 0.1) is 0 Å². The molecule has 16 heavy (non-hydrogen) atoms. The molecule has 1 atom stereocenters. The minimum absolute atomic E-state index is 0. The van der Waals surface area contributed by atoms with Crippen molar-refractivity contribution in [3.8, 4) is 11.5 Å². The second-order valence-corrected chi connectivity index (χ2v) is 3.58. The molecular formula is C11H17Cl2NO2. The van der Waals surface area contributed by atoms with Crippen molar-refractivity contribution in [2.45, 2.75) is 12.5 Å². The third kappa shape index (κ3) is 3.74. The number of hydrogen-bond donors (Lipinski definition) is 1. The number of methoxy groups -OCH3 is 2. The van der Waals surface area contributed by atoms with E-state index in [9.17, 15) is 0 Å². The SMILES string of the molecule is COc1ccc([C@@H](N)CCCl)cc1OC.Cl. The number of hydrogen-bond acceptors (Lipinski definition) is 3. The first-order valence-corrected chi connectivity index (χ1v) is 5.29. The summed E-state index contributed by atoms with van der Waals surface area (Å²) in [7, 11) is 3.21. The minimum atomic E-state index is -0.0534. The highest BCUT2D eigenvalue weighted by atomic mass is 35.5. The van der Waals surface area contributed by atoms with Crippen molar-refractivity contribution in [3.63, 3.8) is 0 Å². The Hall–Kier alpha value is -0.640. The molecule has 1 aromatic carbocycles. The highest BCUT2D eigenvalue weighted by Crippen LogP contribution is 2.30. The summed E-state index contributed by atoms with van der Waals surface area (Å²) in [6.45, 7) is 0. The molecule has 0 radical (unpaired) electrons. The molecule has 0 unspecified atom stereocenters. The van der Waals surface area contributed by atoms with Gasteiger partial charge in [-0.25, -0.2) is 0 Å². The van der Waals surface area contributed by atoms with Crippen LogP contribution in [0.5, 0.6) is 11.5 Å². The minimum Gasteiger partial charge on any atom is -0.493 e. The zero-order valence-corrected chi connectivity index (χ0v) is 11.0. The van der Waals surface area contributed by atoms with Gasteiger partial charge in [0.05, 0.1) is 14.2 Å². The molecule has 0 fully saturated rings. The molecule has 1 aromatic rings. The van der Waals surface area contributed by atoms with Gasteiger partial charge in [-0.05, 0) is 24.1 Å². The van der Waals surface area contributed by atoms with Crippen LogP contribution in [0.3, 0.4) is 0 Å². The van der Waals surface area contributed by atoms with Crippen molar-refractivity contribution in [2.24, 2.45) is 5.73 Å². The number of nitrogens with two attached hydrogens (primary N) is 1. The van der Waals surface area contributed by atoms with Gasteiger partial charge in [-0.15, -0.1) is 24.0 Å². The first-order chi connectivity index (χ1) is 7.22. The second kappa shape index (κ2) is 7.60. The van der Waals surface area contributed by atoms with Crippen LogP contribution < -0.4 is 15.2 Å². The predicted molar refractivity (Wildman–Crippen MR) is 69.1 cm³/mol. The van der Waals surface area contributed by atoms with Crippen molar-refractivity contribution in [1.29, 1.82) is 0 Å². The van der Waals surface area contributed by atoms with E-state index in [0.717, 1.165) is 12.0 Å². The van der Waals surface area contributed by atoms with Gasteiger partial charge in [-0.3, -0.25) is 0 Å². The maximum Gasteiger partial charge on any atom is 0.161 e. The fourth-order valence-corrected chi connectivity index (χ4v) is 1.60. The van der Waals surface area contributed by atoms with Gasteiger partial charge in [0.1, 0.15) is 0 Å². The van der Waals surface area contributed by atoms with Gasteiger partial charge in [-0.2, -0.15) is 0 Å². The fraction of sp³-hybridized carbons (Fsp3) is 0.455. The average Bonchev–Trinajstić information content (AvgIpc) is 2.28. The summed E-state index contributed by atoms with van der Waals surface area (Å²) in [6, 6.07) is 5.61. The summed E-state index contributed by atoms with van der Waals surface area (Å²) in [5.41, 5.74) is 6.95. The molecule has 0 amide bonds. The molecule has 0 saturated carbocycles. The van der Waals surface area contributed by atoms with Crippen molar-refractivity contribution in [3.05, 3.63) is 23.8 Å². The number of ether oxygens (including phenoxy) is 2. The predicted octanol–water partition coefficient (Wildman–Crippen LogP) is 2.75. The van der Waals surface area contributed by atoms with Crippen molar-refractivity contribution in [1.82, 2.24) is 0 Å². The lowest BCUT2D eigenvalue weighted by molar-refractivity contribution is 0.354. The molecule has 0 aliphatic rings. The molecule has 0 aliphatic carbocycles. The maximum absolute atomic E-state index is 5.94. The molecular weight excluding hydrogens is 249 g/mol. The average molecular weight is 266 g/mol. The zero-order chi connectivity index (χ0) is 11.3. The molecule has 0 saturated heterocycles. The van der Waals surface area contributed by atoms with Crippen LogP contribution in [0.1, 0.15) is 18.0 Å². The summed E-state index contributed by atoms with van der Waals surface area (Å²) in [5, 5.41) is 0. The zero-order valence-electron chi connectivity index (χ0n) is 9.40. The van der Waals surface area contributed by atoms with E-state index in [0.29, 0.717) is 17.4 Å². The van der Waals surface area contributed by atoms with Crippen molar-refractivity contribution in [2.75, 3.05) is 20.1 Å². The first-order valence-electron chi connectivity index (χ1n) is 4.76. The quantitative estimate of drug-likeness (QED) is 0.833. The van der Waals surface area contributed by atoms with E-state index in [1.807, 2.05) is 18.2 Å². The second-order valence-electron chi connectivity index (χ2n) is 3.20. The highest BCUT2D eigenvalue weighted by Gasteiger charge is 2.09. The molecule has 0 heterocycles. The van der Waals surface area contributed by atoms with Crippen LogP contribution >= 0.6 is 24.0 Å². The Bertz CT molecular complexity index is 321. The Morgan fingerprint density at radius 1 is 1.25 bits per heavy atom. The van der Waals surface area contributed by atoms with E-state index in [1.165, 1.54) is 0 Å². The summed E-state index contributed by atoms with van der Waals surface area (Å²) in [5.74, 6) is 1.95. The molecule has 2 N–H and O–H groups in total. The molecule has 0 aromatic heterocycles. The molecule has 0 spiro atoms. The Balaban J connectivity index is 0.00000225. The first kappa shape index (κ1) is 15.4. The van der Waals surface area contributed by atoms with Crippen molar-refractivity contribution < 1.29 is 9.47 Å². The fourth-order valence-electron chi connectivity index (χ4n) is 1.37. The summed E-state index contributed by atoms with van der Waals surface area (Å²) in [4.78, 5) is 0. The lowest BCUT2D eigenvalue weighted by atomic mass is 10.1. The van der Waals surface area contributed by atoms with E-state index in [2.05, 4.69) is 0 Å². The summed E-state index contributed by atoms with van der Waals surface area (Å²) in [6.07, 6.45) is 0.747. The standard InChI is InChI=1S/C11H16ClNO2.ClH/c1-14-10-4-3-8(7-11(10)15-2)9(13)5-6-12;/h3-4,7,9H,5-6,13H2,1-2H3;1H/t9-;/m0./s1. The Kier molecular flexibility index (Phi) is 7.30. The normalized spacial score (nSPS) is 11.5. The van der Waals surface area contributed by atoms with Crippen molar-refractivity contribution >= 4 is 24.0 Å². The molecule has 3 nitrogen and oxygen atoms in total. The van der Waals surface area contributed by atoms with E-state index >= 15 is 0 Å². The van der Waals surface area contributed by atoms with Gasteiger partial charge in [0.25, 0.3) is 0 Å². The van der Waals surface area contributed by atoms with Crippen LogP contribution in [0.2, 0.25) is 0 Å².